The summed E-state index contributed by atoms with van der Waals surface area (Å²) in [6.45, 7) is 6.22. The molecular weight excluding hydrogens is 356 g/mol. The molecule has 3 rings (SSSR count). The van der Waals surface area contributed by atoms with Crippen LogP contribution in [0.15, 0.2) is 41.7 Å². The van der Waals surface area contributed by atoms with Gasteiger partial charge in [0.25, 0.3) is 0 Å². The van der Waals surface area contributed by atoms with Crippen LogP contribution in [-0.4, -0.2) is 65.9 Å². The average molecular weight is 384 g/mol. The molecule has 28 heavy (non-hydrogen) atoms. The lowest BCUT2D eigenvalue weighted by molar-refractivity contribution is -0.120. The van der Waals surface area contributed by atoms with Crippen LogP contribution in [-0.2, 0) is 11.8 Å². The van der Waals surface area contributed by atoms with Gasteiger partial charge >= 0.3 is 0 Å². The fourth-order valence-electron chi connectivity index (χ4n) is 3.20. The lowest BCUT2D eigenvalue weighted by Gasteiger charge is -2.35. The number of anilines is 1. The van der Waals surface area contributed by atoms with Gasteiger partial charge < -0.3 is 19.9 Å². The molecule has 1 aliphatic rings. The van der Waals surface area contributed by atoms with Crippen molar-refractivity contribution in [2.24, 2.45) is 12.0 Å². The van der Waals surface area contributed by atoms with E-state index in [1.165, 1.54) is 5.56 Å². The van der Waals surface area contributed by atoms with Crippen LogP contribution >= 0.6 is 0 Å². The smallest absolute Gasteiger partial charge is 0.246 e. The van der Waals surface area contributed by atoms with Crippen LogP contribution in [0.1, 0.15) is 12.5 Å². The van der Waals surface area contributed by atoms with Gasteiger partial charge in [-0.1, -0.05) is 12.1 Å². The summed E-state index contributed by atoms with van der Waals surface area (Å²) in [6.07, 6.45) is 3.53. The molecule has 0 saturated carbocycles. The minimum atomic E-state index is -0.0362. The standard InChI is InChI=1S/C20H28N6O2/c1-15-6-5-7-18(10-15)28-16(2)11-22-20(21-3)25-8-9-26(19(27)14-25)17-12-23-24(4)13-17/h5-7,10,12-13,16H,8-9,11,14H2,1-4H3,(H,21,22). The summed E-state index contributed by atoms with van der Waals surface area (Å²) < 4.78 is 7.65. The Bertz CT molecular complexity index is 847. The largest absolute Gasteiger partial charge is 0.489 e. The molecule has 8 heteroatoms. The van der Waals surface area contributed by atoms with Crippen LogP contribution in [0.25, 0.3) is 0 Å². The number of nitrogens with zero attached hydrogens (tertiary/aromatic N) is 5. The van der Waals surface area contributed by atoms with Crippen LogP contribution in [0.4, 0.5) is 5.69 Å². The molecule has 150 valence electrons. The molecule has 0 radical (unpaired) electrons. The third kappa shape index (κ3) is 4.82. The van der Waals surface area contributed by atoms with Crippen molar-refractivity contribution in [3.05, 3.63) is 42.2 Å². The number of carbonyl (C=O) groups excluding carboxylic acids is 1. The fraction of sp³-hybridized carbons (Fsp3) is 0.450. The molecule has 8 nitrogen and oxygen atoms in total. The lowest BCUT2D eigenvalue weighted by atomic mass is 10.2. The third-order valence-electron chi connectivity index (χ3n) is 4.61. The van der Waals surface area contributed by atoms with Crippen LogP contribution in [0, 0.1) is 6.92 Å². The molecule has 0 spiro atoms. The highest BCUT2D eigenvalue weighted by Crippen LogP contribution is 2.16. The Hall–Kier alpha value is -3.03. The van der Waals surface area contributed by atoms with Crippen LogP contribution < -0.4 is 15.0 Å². The molecule has 1 N–H and O–H groups in total. The predicted octanol–water partition coefficient (Wildman–Crippen LogP) is 1.42. The number of hydrogen-bond acceptors (Lipinski definition) is 4. The number of carbonyl (C=O) groups is 1. The Morgan fingerprint density at radius 3 is 2.86 bits per heavy atom. The molecule has 1 unspecified atom stereocenters. The summed E-state index contributed by atoms with van der Waals surface area (Å²) in [6, 6.07) is 7.99. The number of hydrogen-bond donors (Lipinski definition) is 1. The predicted molar refractivity (Wildman–Crippen MR) is 110 cm³/mol. The first-order valence-electron chi connectivity index (χ1n) is 9.44. The zero-order chi connectivity index (χ0) is 20.1. The van der Waals surface area contributed by atoms with Crippen LogP contribution in [0.2, 0.25) is 0 Å². The van der Waals surface area contributed by atoms with Gasteiger partial charge in [-0.15, -0.1) is 0 Å². The monoisotopic (exact) mass is 384 g/mol. The highest BCUT2D eigenvalue weighted by molar-refractivity contribution is 5.98. The highest BCUT2D eigenvalue weighted by Gasteiger charge is 2.27. The van der Waals surface area contributed by atoms with Crippen molar-refractivity contribution in [1.29, 1.82) is 0 Å². The van der Waals surface area contributed by atoms with Crippen molar-refractivity contribution in [2.75, 3.05) is 38.1 Å². The van der Waals surface area contributed by atoms with Crippen LogP contribution in [0.3, 0.4) is 0 Å². The fourth-order valence-corrected chi connectivity index (χ4v) is 3.20. The maximum absolute atomic E-state index is 12.6. The minimum Gasteiger partial charge on any atom is -0.489 e. The number of piperazine rings is 1. The highest BCUT2D eigenvalue weighted by atomic mass is 16.5. The van der Waals surface area contributed by atoms with Crippen molar-refractivity contribution < 1.29 is 9.53 Å². The SMILES string of the molecule is CN=C(NCC(C)Oc1cccc(C)c1)N1CCN(c2cnn(C)c2)C(=O)C1. The number of amides is 1. The van der Waals surface area contributed by atoms with Crippen molar-refractivity contribution in [3.63, 3.8) is 0 Å². The number of rotatable bonds is 5. The maximum atomic E-state index is 12.6. The molecule has 1 atom stereocenters. The van der Waals surface area contributed by atoms with E-state index in [1.807, 2.05) is 56.3 Å². The van der Waals surface area contributed by atoms with Gasteiger partial charge in [-0.25, -0.2) is 0 Å². The number of nitrogens with one attached hydrogen (secondary N) is 1. The number of ether oxygens (including phenoxy) is 1. The first kappa shape index (κ1) is 19.7. The van der Waals surface area contributed by atoms with E-state index in [-0.39, 0.29) is 18.6 Å². The van der Waals surface area contributed by atoms with E-state index in [0.29, 0.717) is 25.6 Å². The molecule has 1 aliphatic heterocycles. The van der Waals surface area contributed by atoms with Gasteiger partial charge in [-0.3, -0.25) is 14.5 Å². The lowest BCUT2D eigenvalue weighted by Crippen LogP contribution is -2.56. The molecular formula is C20H28N6O2. The second-order valence-corrected chi connectivity index (χ2v) is 7.01. The van der Waals surface area contributed by atoms with Gasteiger partial charge in [0.15, 0.2) is 5.96 Å². The van der Waals surface area contributed by atoms with E-state index < -0.39 is 0 Å². The van der Waals surface area contributed by atoms with E-state index in [9.17, 15) is 4.79 Å². The normalized spacial score (nSPS) is 16.3. The van der Waals surface area contributed by atoms with Gasteiger partial charge in [0.2, 0.25) is 5.91 Å². The number of guanidine groups is 1. The Labute approximate surface area is 165 Å². The molecule has 1 amide bonds. The van der Waals surface area contributed by atoms with Crippen molar-refractivity contribution in [1.82, 2.24) is 20.0 Å². The first-order chi connectivity index (χ1) is 13.5. The van der Waals surface area contributed by atoms with Gasteiger partial charge in [-0.2, -0.15) is 5.10 Å². The average Bonchev–Trinajstić information content (AvgIpc) is 3.08. The Morgan fingerprint density at radius 2 is 2.21 bits per heavy atom. The molecule has 0 aliphatic carbocycles. The van der Waals surface area contributed by atoms with Gasteiger partial charge in [0.1, 0.15) is 18.4 Å². The zero-order valence-corrected chi connectivity index (χ0v) is 16.9. The molecule has 1 fully saturated rings. The molecule has 1 aromatic heterocycles. The first-order valence-corrected chi connectivity index (χ1v) is 9.44. The van der Waals surface area contributed by atoms with Gasteiger partial charge in [0.05, 0.1) is 18.4 Å². The summed E-state index contributed by atoms with van der Waals surface area (Å²) in [5.41, 5.74) is 1.99. The Morgan fingerprint density at radius 1 is 1.39 bits per heavy atom. The van der Waals surface area contributed by atoms with Gasteiger partial charge in [0, 0.05) is 33.4 Å². The van der Waals surface area contributed by atoms with Crippen molar-refractivity contribution in [3.8, 4) is 5.75 Å². The Kier molecular flexibility index (Phi) is 6.18. The van der Waals surface area contributed by atoms with E-state index in [4.69, 9.17) is 4.74 Å². The zero-order valence-electron chi connectivity index (χ0n) is 16.9. The summed E-state index contributed by atoms with van der Waals surface area (Å²) in [4.78, 5) is 20.6. The topological polar surface area (TPSA) is 75.0 Å². The minimum absolute atomic E-state index is 0.0336. The summed E-state index contributed by atoms with van der Waals surface area (Å²) in [5, 5.41) is 7.46. The molecule has 0 bridgehead atoms. The van der Waals surface area contributed by atoms with Crippen molar-refractivity contribution >= 4 is 17.6 Å². The van der Waals surface area contributed by atoms with Crippen LogP contribution in [0.5, 0.6) is 5.75 Å². The molecule has 1 aromatic carbocycles. The second kappa shape index (κ2) is 8.77. The molecule has 2 heterocycles. The number of aromatic nitrogens is 2. The quantitative estimate of drug-likeness (QED) is 0.623. The maximum Gasteiger partial charge on any atom is 0.246 e. The van der Waals surface area contributed by atoms with Crippen molar-refractivity contribution in [2.45, 2.75) is 20.0 Å². The number of aryl methyl sites for hydroxylation is 2. The number of benzene rings is 1. The molecule has 1 saturated heterocycles. The summed E-state index contributed by atoms with van der Waals surface area (Å²) in [5.74, 6) is 1.59. The van der Waals surface area contributed by atoms with E-state index in [1.54, 1.807) is 22.8 Å². The van der Waals surface area contributed by atoms with E-state index in [2.05, 4.69) is 15.4 Å². The third-order valence-corrected chi connectivity index (χ3v) is 4.61. The summed E-state index contributed by atoms with van der Waals surface area (Å²) >= 11 is 0. The van der Waals surface area contributed by atoms with Gasteiger partial charge in [-0.05, 0) is 31.5 Å². The number of aliphatic imine (C=N–C) groups is 1. The van der Waals surface area contributed by atoms with E-state index >= 15 is 0 Å². The molecule has 2 aromatic rings. The second-order valence-electron chi connectivity index (χ2n) is 7.01. The summed E-state index contributed by atoms with van der Waals surface area (Å²) in [7, 11) is 3.57. The Balaban J connectivity index is 1.52. The van der Waals surface area contributed by atoms with E-state index in [0.717, 1.165) is 11.4 Å².